The highest BCUT2D eigenvalue weighted by Gasteiger charge is 2.30. The highest BCUT2D eigenvalue weighted by Crippen LogP contribution is 2.41. The molecule has 6 heteroatoms. The van der Waals surface area contributed by atoms with Gasteiger partial charge in [-0.3, -0.25) is 0 Å². The zero-order valence-electron chi connectivity index (χ0n) is 12.6. The zero-order valence-corrected chi connectivity index (χ0v) is 14.1. The van der Waals surface area contributed by atoms with E-state index in [4.69, 9.17) is 28.2 Å². The van der Waals surface area contributed by atoms with Crippen LogP contribution in [0.15, 0.2) is 24.4 Å². The Labute approximate surface area is 143 Å². The highest BCUT2D eigenvalue weighted by atomic mass is 35.5. The molecule has 2 aromatic heterocycles. The number of pyridine rings is 1. The number of aromatic hydroxyl groups is 1. The number of fused-ring (bicyclic) bond motifs is 1. The minimum absolute atomic E-state index is 0.0797. The van der Waals surface area contributed by atoms with Gasteiger partial charge in [0.25, 0.3) is 0 Å². The number of rotatable bonds is 3. The molecular formula is C17H15Cl2N3O. The molecule has 0 aliphatic heterocycles. The summed E-state index contributed by atoms with van der Waals surface area (Å²) < 4.78 is 2.14. The first kappa shape index (κ1) is 14.8. The normalized spacial score (nSPS) is 14.6. The fourth-order valence-corrected chi connectivity index (χ4v) is 3.39. The van der Waals surface area contributed by atoms with Crippen LogP contribution in [0, 0.1) is 6.92 Å². The molecule has 0 bridgehead atoms. The van der Waals surface area contributed by atoms with Crippen LogP contribution in [0.3, 0.4) is 0 Å². The Kier molecular flexibility index (Phi) is 3.47. The fourth-order valence-electron chi connectivity index (χ4n) is 2.86. The van der Waals surface area contributed by atoms with Crippen molar-refractivity contribution in [2.75, 3.05) is 0 Å². The third-order valence-corrected chi connectivity index (χ3v) is 4.80. The Bertz CT molecular complexity index is 893. The molecule has 1 saturated carbocycles. The van der Waals surface area contributed by atoms with Crippen molar-refractivity contribution in [3.8, 4) is 5.75 Å². The van der Waals surface area contributed by atoms with Gasteiger partial charge in [0.2, 0.25) is 0 Å². The van der Waals surface area contributed by atoms with Gasteiger partial charge in [-0.1, -0.05) is 23.2 Å². The first-order valence-corrected chi connectivity index (χ1v) is 8.29. The van der Waals surface area contributed by atoms with Crippen molar-refractivity contribution in [1.29, 1.82) is 0 Å². The molecule has 3 aromatic rings. The second kappa shape index (κ2) is 5.39. The fraction of sp³-hybridized carbons (Fsp3) is 0.294. The van der Waals surface area contributed by atoms with E-state index in [0.29, 0.717) is 12.5 Å². The van der Waals surface area contributed by atoms with E-state index in [-0.39, 0.29) is 15.8 Å². The summed E-state index contributed by atoms with van der Waals surface area (Å²) >= 11 is 12.1. The highest BCUT2D eigenvalue weighted by molar-refractivity contribution is 6.37. The summed E-state index contributed by atoms with van der Waals surface area (Å²) in [6.45, 7) is 2.63. The van der Waals surface area contributed by atoms with E-state index in [1.54, 1.807) is 12.1 Å². The topological polar surface area (TPSA) is 50.9 Å². The second-order valence-corrected chi connectivity index (χ2v) is 6.85. The number of benzene rings is 1. The van der Waals surface area contributed by atoms with Gasteiger partial charge in [0.1, 0.15) is 11.3 Å². The molecule has 2 heterocycles. The Morgan fingerprint density at radius 3 is 2.61 bits per heavy atom. The molecule has 0 spiro atoms. The number of hydrogen-bond donors (Lipinski definition) is 1. The van der Waals surface area contributed by atoms with Crippen molar-refractivity contribution in [1.82, 2.24) is 14.5 Å². The van der Waals surface area contributed by atoms with Crippen LogP contribution in [0.1, 0.15) is 35.7 Å². The van der Waals surface area contributed by atoms with Gasteiger partial charge >= 0.3 is 0 Å². The minimum Gasteiger partial charge on any atom is -0.505 e. The van der Waals surface area contributed by atoms with Crippen molar-refractivity contribution < 1.29 is 5.11 Å². The van der Waals surface area contributed by atoms with Gasteiger partial charge in [-0.2, -0.15) is 0 Å². The number of halogens is 2. The smallest absolute Gasteiger partial charge is 0.160 e. The zero-order chi connectivity index (χ0) is 16.1. The Morgan fingerprint density at radius 2 is 1.96 bits per heavy atom. The molecule has 0 amide bonds. The van der Waals surface area contributed by atoms with Crippen molar-refractivity contribution >= 4 is 34.4 Å². The molecule has 118 valence electrons. The predicted octanol–water partition coefficient (Wildman–Crippen LogP) is 4.68. The number of imidazole rings is 1. The summed E-state index contributed by atoms with van der Waals surface area (Å²) in [6, 6.07) is 5.45. The lowest BCUT2D eigenvalue weighted by Crippen LogP contribution is -2.05. The van der Waals surface area contributed by atoms with Crippen LogP contribution in [0.2, 0.25) is 10.0 Å². The first-order chi connectivity index (χ1) is 11.0. The number of phenolic OH excluding ortho intramolecular Hbond substituents is 1. The summed E-state index contributed by atoms with van der Waals surface area (Å²) in [6.07, 6.45) is 4.14. The molecule has 0 saturated heterocycles. The van der Waals surface area contributed by atoms with E-state index >= 15 is 0 Å². The Hall–Kier alpha value is -1.78. The van der Waals surface area contributed by atoms with Crippen LogP contribution < -0.4 is 0 Å². The van der Waals surface area contributed by atoms with Crippen LogP contribution in [-0.2, 0) is 6.54 Å². The van der Waals surface area contributed by atoms with Gasteiger partial charge in [-0.05, 0) is 49.1 Å². The lowest BCUT2D eigenvalue weighted by atomic mass is 10.2. The molecule has 23 heavy (non-hydrogen) atoms. The Balaban J connectivity index is 1.85. The maximum absolute atomic E-state index is 9.72. The lowest BCUT2D eigenvalue weighted by molar-refractivity contribution is 0.475. The van der Waals surface area contributed by atoms with E-state index < -0.39 is 0 Å². The van der Waals surface area contributed by atoms with Crippen LogP contribution in [0.25, 0.3) is 11.2 Å². The van der Waals surface area contributed by atoms with E-state index in [1.165, 1.54) is 12.8 Å². The van der Waals surface area contributed by atoms with Gasteiger partial charge in [0.05, 0.1) is 16.6 Å². The van der Waals surface area contributed by atoms with Crippen LogP contribution in [-0.4, -0.2) is 19.6 Å². The molecule has 1 aliphatic carbocycles. The largest absolute Gasteiger partial charge is 0.505 e. The van der Waals surface area contributed by atoms with E-state index in [0.717, 1.165) is 28.1 Å². The SMILES string of the molecule is Cc1ccnc2c1nc(C1CC1)n2Cc1cc(Cl)c(O)c(Cl)c1. The second-order valence-electron chi connectivity index (χ2n) is 6.04. The average molecular weight is 348 g/mol. The van der Waals surface area contributed by atoms with Gasteiger partial charge in [-0.25, -0.2) is 9.97 Å². The third-order valence-electron chi connectivity index (χ3n) is 4.23. The molecule has 1 aromatic carbocycles. The molecule has 4 nitrogen and oxygen atoms in total. The summed E-state index contributed by atoms with van der Waals surface area (Å²) in [4.78, 5) is 9.33. The van der Waals surface area contributed by atoms with Crippen molar-refractivity contribution in [3.05, 3.63) is 51.4 Å². The molecule has 1 aliphatic rings. The van der Waals surface area contributed by atoms with E-state index in [2.05, 4.69) is 9.55 Å². The van der Waals surface area contributed by atoms with Gasteiger partial charge in [0.15, 0.2) is 11.4 Å². The monoisotopic (exact) mass is 347 g/mol. The number of nitrogens with zero attached hydrogens (tertiary/aromatic N) is 3. The third kappa shape index (κ3) is 2.56. The Morgan fingerprint density at radius 1 is 1.26 bits per heavy atom. The number of hydrogen-bond acceptors (Lipinski definition) is 3. The maximum Gasteiger partial charge on any atom is 0.160 e. The minimum atomic E-state index is -0.0797. The van der Waals surface area contributed by atoms with Crippen molar-refractivity contribution in [2.24, 2.45) is 0 Å². The van der Waals surface area contributed by atoms with Crippen LogP contribution in [0.5, 0.6) is 5.75 Å². The maximum atomic E-state index is 9.72. The van der Waals surface area contributed by atoms with Gasteiger partial charge in [-0.15, -0.1) is 0 Å². The van der Waals surface area contributed by atoms with E-state index in [9.17, 15) is 5.11 Å². The molecule has 0 radical (unpaired) electrons. The van der Waals surface area contributed by atoms with Crippen LogP contribution >= 0.6 is 23.2 Å². The van der Waals surface area contributed by atoms with Crippen LogP contribution in [0.4, 0.5) is 0 Å². The quantitative estimate of drug-likeness (QED) is 0.748. The molecular weight excluding hydrogens is 333 g/mol. The number of aromatic nitrogens is 3. The van der Waals surface area contributed by atoms with Crippen molar-refractivity contribution in [2.45, 2.75) is 32.2 Å². The van der Waals surface area contributed by atoms with Gasteiger partial charge in [0, 0.05) is 12.1 Å². The van der Waals surface area contributed by atoms with Crippen molar-refractivity contribution in [3.63, 3.8) is 0 Å². The number of phenols is 1. The average Bonchev–Trinajstić information content (AvgIpc) is 3.29. The summed E-state index contributed by atoms with van der Waals surface area (Å²) in [5.41, 5.74) is 3.87. The standard InChI is InChI=1S/C17H15Cl2N3O/c1-9-4-5-20-17-14(9)21-16(11-2-3-11)22(17)8-10-6-12(18)15(23)13(19)7-10/h4-7,11,23H,2-3,8H2,1H3. The summed E-state index contributed by atoms with van der Waals surface area (Å²) in [5.74, 6) is 1.50. The summed E-state index contributed by atoms with van der Waals surface area (Å²) in [5, 5.41) is 10.2. The summed E-state index contributed by atoms with van der Waals surface area (Å²) in [7, 11) is 0. The first-order valence-electron chi connectivity index (χ1n) is 7.53. The number of aryl methyl sites for hydroxylation is 1. The molecule has 0 unspecified atom stereocenters. The molecule has 4 rings (SSSR count). The lowest BCUT2D eigenvalue weighted by Gasteiger charge is -2.10. The molecule has 1 N–H and O–H groups in total. The molecule has 1 fully saturated rings. The van der Waals surface area contributed by atoms with E-state index in [1.807, 2.05) is 19.2 Å². The predicted molar refractivity (Wildman–Crippen MR) is 91.5 cm³/mol. The van der Waals surface area contributed by atoms with Gasteiger partial charge < -0.3 is 9.67 Å². The molecule has 0 atom stereocenters.